The van der Waals surface area contributed by atoms with Crippen molar-refractivity contribution in [3.63, 3.8) is 0 Å². The summed E-state index contributed by atoms with van der Waals surface area (Å²) in [7, 11) is 0. The van der Waals surface area contributed by atoms with Crippen LogP contribution in [-0.2, 0) is 4.79 Å². The minimum absolute atomic E-state index is 0.179. The second-order valence-corrected chi connectivity index (χ2v) is 6.95. The largest absolute Gasteiger partial charge is 0.485 e. The van der Waals surface area contributed by atoms with Crippen LogP contribution in [0.15, 0.2) is 18.2 Å². The molecule has 0 spiro atoms. The molecule has 1 amide bonds. The molecule has 1 saturated heterocycles. The topological polar surface area (TPSA) is 59.0 Å². The molecule has 0 aromatic heterocycles. The van der Waals surface area contributed by atoms with Crippen molar-refractivity contribution in [3.05, 3.63) is 23.8 Å². The van der Waals surface area contributed by atoms with Crippen LogP contribution in [0.4, 0.5) is 17.6 Å². The number of fused-ring (bicyclic) bond motifs is 1. The molecular weight excluding hydrogens is 358 g/mol. The number of ether oxygens (including phenoxy) is 2. The Balaban J connectivity index is 2.02. The highest BCUT2D eigenvalue weighted by Gasteiger charge is 2.48. The van der Waals surface area contributed by atoms with Crippen molar-refractivity contribution in [2.24, 2.45) is 0 Å². The van der Waals surface area contributed by atoms with E-state index < -0.39 is 36.0 Å². The highest BCUT2D eigenvalue weighted by molar-refractivity contribution is 5.79. The van der Waals surface area contributed by atoms with Crippen LogP contribution in [0.5, 0.6) is 11.5 Å². The first-order valence-corrected chi connectivity index (χ1v) is 8.18. The normalized spacial score (nSPS) is 25.2. The highest BCUT2D eigenvalue weighted by atomic mass is 19.3. The standard InChI is InChI=1S/C17H19F4NO4/c1-16(2)14(24)13(22-7-3-4-12(22)23)10-8-9(5-6-11(10)26-16)25-17(20,21)15(18)19/h5-6,8,13-15,24H,3-4,7H2,1-2H3/t13-,14+/m0/s1. The predicted molar refractivity (Wildman–Crippen MR) is 82.4 cm³/mol. The molecule has 3 rings (SSSR count). The van der Waals surface area contributed by atoms with Gasteiger partial charge in [0.1, 0.15) is 23.2 Å². The van der Waals surface area contributed by atoms with Crippen LogP contribution in [0.2, 0.25) is 0 Å². The van der Waals surface area contributed by atoms with Gasteiger partial charge < -0.3 is 19.5 Å². The van der Waals surface area contributed by atoms with E-state index >= 15 is 0 Å². The Morgan fingerprint density at radius 2 is 2.08 bits per heavy atom. The molecule has 1 N–H and O–H groups in total. The first-order chi connectivity index (χ1) is 12.0. The van der Waals surface area contributed by atoms with Crippen molar-refractivity contribution >= 4 is 5.91 Å². The number of hydrogen-bond donors (Lipinski definition) is 1. The lowest BCUT2D eigenvalue weighted by Crippen LogP contribution is -2.53. The van der Waals surface area contributed by atoms with Gasteiger partial charge in [-0.05, 0) is 38.5 Å². The molecule has 0 saturated carbocycles. The summed E-state index contributed by atoms with van der Waals surface area (Å²) in [5.41, 5.74) is -0.787. The molecule has 2 atom stereocenters. The molecule has 5 nitrogen and oxygen atoms in total. The van der Waals surface area contributed by atoms with E-state index in [0.29, 0.717) is 19.4 Å². The molecule has 144 valence electrons. The van der Waals surface area contributed by atoms with Gasteiger partial charge in [0, 0.05) is 18.5 Å². The average Bonchev–Trinajstić information content (AvgIpc) is 2.94. The van der Waals surface area contributed by atoms with Gasteiger partial charge in [0.25, 0.3) is 0 Å². The fourth-order valence-electron chi connectivity index (χ4n) is 3.31. The summed E-state index contributed by atoms with van der Waals surface area (Å²) in [4.78, 5) is 13.6. The first kappa shape index (κ1) is 18.8. The van der Waals surface area contributed by atoms with E-state index in [9.17, 15) is 27.5 Å². The summed E-state index contributed by atoms with van der Waals surface area (Å²) in [5.74, 6) is -0.402. The Labute approximate surface area is 147 Å². The van der Waals surface area contributed by atoms with E-state index in [2.05, 4.69) is 4.74 Å². The minimum Gasteiger partial charge on any atom is -0.485 e. The molecule has 0 radical (unpaired) electrons. The second-order valence-electron chi connectivity index (χ2n) is 6.95. The molecule has 2 aliphatic heterocycles. The maximum absolute atomic E-state index is 13.2. The SMILES string of the molecule is CC1(C)Oc2ccc(OC(F)(F)C(F)F)cc2[C@H](N2CCCC2=O)[C@H]1O. The van der Waals surface area contributed by atoms with Gasteiger partial charge in [0.15, 0.2) is 0 Å². The summed E-state index contributed by atoms with van der Waals surface area (Å²) in [6.45, 7) is 3.68. The second kappa shape index (κ2) is 6.29. The minimum atomic E-state index is -4.65. The quantitative estimate of drug-likeness (QED) is 0.820. The predicted octanol–water partition coefficient (Wildman–Crippen LogP) is 3.12. The van der Waals surface area contributed by atoms with Gasteiger partial charge in [-0.15, -0.1) is 0 Å². The van der Waals surface area contributed by atoms with E-state index in [0.717, 1.165) is 12.1 Å². The maximum Gasteiger partial charge on any atom is 0.461 e. The number of carbonyl (C=O) groups is 1. The van der Waals surface area contributed by atoms with Gasteiger partial charge in [-0.1, -0.05) is 0 Å². The van der Waals surface area contributed by atoms with Gasteiger partial charge >= 0.3 is 12.5 Å². The average molecular weight is 377 g/mol. The third-order valence-electron chi connectivity index (χ3n) is 4.64. The number of alkyl halides is 4. The molecular formula is C17H19F4NO4. The number of aliphatic hydroxyl groups excluding tert-OH is 1. The van der Waals surface area contributed by atoms with Crippen LogP contribution in [0.3, 0.4) is 0 Å². The molecule has 1 fully saturated rings. The fraction of sp³-hybridized carbons (Fsp3) is 0.588. The Morgan fingerprint density at radius 3 is 2.65 bits per heavy atom. The lowest BCUT2D eigenvalue weighted by atomic mass is 9.85. The maximum atomic E-state index is 13.2. The van der Waals surface area contributed by atoms with Crippen LogP contribution >= 0.6 is 0 Å². The lowest BCUT2D eigenvalue weighted by molar-refractivity contribution is -0.253. The Morgan fingerprint density at radius 1 is 1.38 bits per heavy atom. The van der Waals surface area contributed by atoms with Crippen LogP contribution in [0.1, 0.15) is 38.3 Å². The van der Waals surface area contributed by atoms with Crippen molar-refractivity contribution in [3.8, 4) is 11.5 Å². The van der Waals surface area contributed by atoms with Gasteiger partial charge in [-0.2, -0.15) is 17.6 Å². The fourth-order valence-corrected chi connectivity index (χ4v) is 3.31. The van der Waals surface area contributed by atoms with Gasteiger partial charge in [-0.3, -0.25) is 4.79 Å². The van der Waals surface area contributed by atoms with Crippen molar-refractivity contribution in [1.29, 1.82) is 0 Å². The number of nitrogens with zero attached hydrogens (tertiary/aromatic N) is 1. The van der Waals surface area contributed by atoms with E-state index in [1.807, 2.05) is 0 Å². The number of likely N-dealkylation sites (tertiary alicyclic amines) is 1. The van der Waals surface area contributed by atoms with Crippen LogP contribution in [0, 0.1) is 0 Å². The van der Waals surface area contributed by atoms with Gasteiger partial charge in [0.2, 0.25) is 5.91 Å². The summed E-state index contributed by atoms with van der Waals surface area (Å²) < 4.78 is 61.0. The zero-order valence-corrected chi connectivity index (χ0v) is 14.2. The first-order valence-electron chi connectivity index (χ1n) is 8.18. The Kier molecular flexibility index (Phi) is 4.54. The number of rotatable bonds is 4. The van der Waals surface area contributed by atoms with Gasteiger partial charge in [-0.25, -0.2) is 0 Å². The van der Waals surface area contributed by atoms with Crippen LogP contribution in [-0.4, -0.2) is 46.7 Å². The number of halogens is 4. The third-order valence-corrected chi connectivity index (χ3v) is 4.64. The summed E-state index contributed by atoms with van der Waals surface area (Å²) in [5, 5.41) is 10.7. The number of amides is 1. The summed E-state index contributed by atoms with van der Waals surface area (Å²) in [6, 6.07) is 2.67. The molecule has 2 aliphatic rings. The van der Waals surface area contributed by atoms with Crippen molar-refractivity contribution in [2.75, 3.05) is 6.54 Å². The molecule has 1 aromatic rings. The Bertz CT molecular complexity index is 710. The van der Waals surface area contributed by atoms with Crippen molar-refractivity contribution in [1.82, 2.24) is 4.90 Å². The monoisotopic (exact) mass is 377 g/mol. The molecule has 0 aliphatic carbocycles. The number of benzene rings is 1. The van der Waals surface area contributed by atoms with E-state index in [1.54, 1.807) is 13.8 Å². The summed E-state index contributed by atoms with van der Waals surface area (Å²) >= 11 is 0. The zero-order chi connectivity index (χ0) is 19.3. The van der Waals surface area contributed by atoms with Crippen molar-refractivity contribution < 1.29 is 36.9 Å². The number of aliphatic hydroxyl groups is 1. The van der Waals surface area contributed by atoms with Crippen LogP contribution in [0.25, 0.3) is 0 Å². The number of hydrogen-bond acceptors (Lipinski definition) is 4. The Hall–Kier alpha value is -2.03. The molecule has 2 heterocycles. The molecule has 0 unspecified atom stereocenters. The van der Waals surface area contributed by atoms with Gasteiger partial charge in [0.05, 0.1) is 6.04 Å². The third kappa shape index (κ3) is 3.20. The summed E-state index contributed by atoms with van der Waals surface area (Å²) in [6.07, 6.45) is -8.85. The lowest BCUT2D eigenvalue weighted by Gasteiger charge is -2.45. The zero-order valence-electron chi connectivity index (χ0n) is 14.2. The van der Waals surface area contributed by atoms with E-state index in [-0.39, 0.29) is 17.2 Å². The number of carbonyl (C=O) groups excluding carboxylic acids is 1. The van der Waals surface area contributed by atoms with E-state index in [1.165, 1.54) is 11.0 Å². The highest BCUT2D eigenvalue weighted by Crippen LogP contribution is 2.45. The molecule has 0 bridgehead atoms. The van der Waals surface area contributed by atoms with E-state index in [4.69, 9.17) is 4.74 Å². The molecule has 26 heavy (non-hydrogen) atoms. The molecule has 1 aromatic carbocycles. The smallest absolute Gasteiger partial charge is 0.461 e. The molecule has 9 heteroatoms. The van der Waals surface area contributed by atoms with Crippen molar-refractivity contribution in [2.45, 2.75) is 57.0 Å². The van der Waals surface area contributed by atoms with Crippen LogP contribution < -0.4 is 9.47 Å².